The molecule has 1 atom stereocenters. The highest BCUT2D eigenvalue weighted by Crippen LogP contribution is 2.27. The zero-order valence-electron chi connectivity index (χ0n) is 10.4. The van der Waals surface area contributed by atoms with E-state index in [4.69, 9.17) is 23.2 Å². The van der Waals surface area contributed by atoms with Gasteiger partial charge in [0.15, 0.2) is 0 Å². The minimum atomic E-state index is -0.790. The molecule has 3 aromatic rings. The van der Waals surface area contributed by atoms with Gasteiger partial charge >= 0.3 is 0 Å². The number of hydrogen-bond donors (Lipinski definition) is 1. The molecular formula is C14H11Cl2N3O. The average Bonchev–Trinajstić information content (AvgIpc) is 2.80. The zero-order chi connectivity index (χ0) is 14.1. The first-order chi connectivity index (χ1) is 9.63. The zero-order valence-corrected chi connectivity index (χ0v) is 11.9. The molecule has 0 spiro atoms. The van der Waals surface area contributed by atoms with Gasteiger partial charge in [-0.25, -0.2) is 0 Å². The number of aliphatic hydroxyl groups is 1. The van der Waals surface area contributed by atoms with Gasteiger partial charge in [-0.15, -0.1) is 0 Å². The van der Waals surface area contributed by atoms with E-state index < -0.39 is 6.10 Å². The van der Waals surface area contributed by atoms with Crippen molar-refractivity contribution in [2.24, 2.45) is 0 Å². The van der Waals surface area contributed by atoms with Crippen LogP contribution in [0.25, 0.3) is 11.0 Å². The second kappa shape index (κ2) is 5.40. The Morgan fingerprint density at radius 1 is 1.05 bits per heavy atom. The van der Waals surface area contributed by atoms with Gasteiger partial charge in [0.05, 0.1) is 6.54 Å². The molecule has 1 aromatic heterocycles. The van der Waals surface area contributed by atoms with E-state index in [2.05, 4.69) is 10.2 Å². The molecule has 0 amide bonds. The normalized spacial score (nSPS) is 12.8. The predicted molar refractivity (Wildman–Crippen MR) is 78.9 cm³/mol. The number of rotatable bonds is 3. The Hall–Kier alpha value is -1.62. The number of nitrogens with zero attached hydrogens (tertiary/aromatic N) is 3. The molecule has 1 N–H and O–H groups in total. The van der Waals surface area contributed by atoms with E-state index in [-0.39, 0.29) is 6.54 Å². The van der Waals surface area contributed by atoms with E-state index in [1.165, 1.54) is 4.80 Å². The summed E-state index contributed by atoms with van der Waals surface area (Å²) >= 11 is 11.9. The van der Waals surface area contributed by atoms with Crippen LogP contribution in [0.1, 0.15) is 11.7 Å². The summed E-state index contributed by atoms with van der Waals surface area (Å²) in [5, 5.41) is 19.8. The fourth-order valence-corrected chi connectivity index (χ4v) is 2.55. The van der Waals surface area contributed by atoms with Gasteiger partial charge in [0.2, 0.25) is 0 Å². The maximum atomic E-state index is 10.2. The summed E-state index contributed by atoms with van der Waals surface area (Å²) in [7, 11) is 0. The second-order valence-corrected chi connectivity index (χ2v) is 5.27. The van der Waals surface area contributed by atoms with Gasteiger partial charge < -0.3 is 5.11 Å². The SMILES string of the molecule is O[C@@H](Cn1nc2ccccc2n1)c1ccc(Cl)cc1Cl. The van der Waals surface area contributed by atoms with Crippen LogP contribution in [-0.2, 0) is 6.54 Å². The van der Waals surface area contributed by atoms with Crippen molar-refractivity contribution in [3.8, 4) is 0 Å². The quantitative estimate of drug-likeness (QED) is 0.806. The average molecular weight is 308 g/mol. The Bertz CT molecular complexity index is 724. The van der Waals surface area contributed by atoms with E-state index in [0.717, 1.165) is 11.0 Å². The topological polar surface area (TPSA) is 50.9 Å². The van der Waals surface area contributed by atoms with Crippen molar-refractivity contribution in [2.75, 3.05) is 0 Å². The lowest BCUT2D eigenvalue weighted by atomic mass is 10.1. The Kier molecular flexibility index (Phi) is 3.61. The largest absolute Gasteiger partial charge is 0.386 e. The third-order valence-corrected chi connectivity index (χ3v) is 3.55. The first kappa shape index (κ1) is 13.4. The number of aliphatic hydroxyl groups excluding tert-OH is 1. The van der Waals surface area contributed by atoms with E-state index in [1.54, 1.807) is 18.2 Å². The molecule has 1 heterocycles. The van der Waals surface area contributed by atoms with Crippen LogP contribution >= 0.6 is 23.2 Å². The molecule has 4 nitrogen and oxygen atoms in total. The van der Waals surface area contributed by atoms with Crippen LogP contribution in [0.3, 0.4) is 0 Å². The molecule has 20 heavy (non-hydrogen) atoms. The number of halogens is 2. The van der Waals surface area contributed by atoms with E-state index in [1.807, 2.05) is 24.3 Å². The van der Waals surface area contributed by atoms with Gasteiger partial charge in [0.25, 0.3) is 0 Å². The van der Waals surface area contributed by atoms with E-state index in [9.17, 15) is 5.11 Å². The standard InChI is InChI=1S/C14H11Cl2N3O/c15-9-5-6-10(11(16)7-9)14(20)8-19-17-12-3-1-2-4-13(12)18-19/h1-7,14,20H,8H2/t14-/m0/s1. The van der Waals surface area contributed by atoms with Gasteiger partial charge in [0, 0.05) is 15.6 Å². The minimum Gasteiger partial charge on any atom is -0.386 e. The molecule has 0 bridgehead atoms. The number of aromatic nitrogens is 3. The lowest BCUT2D eigenvalue weighted by molar-refractivity contribution is 0.146. The molecular weight excluding hydrogens is 297 g/mol. The minimum absolute atomic E-state index is 0.232. The monoisotopic (exact) mass is 307 g/mol. The van der Waals surface area contributed by atoms with Crippen molar-refractivity contribution >= 4 is 34.2 Å². The van der Waals surface area contributed by atoms with Crippen LogP contribution < -0.4 is 0 Å². The van der Waals surface area contributed by atoms with Crippen molar-refractivity contribution in [2.45, 2.75) is 12.6 Å². The lowest BCUT2D eigenvalue weighted by Gasteiger charge is -2.12. The fourth-order valence-electron chi connectivity index (χ4n) is 2.01. The van der Waals surface area contributed by atoms with Crippen LogP contribution in [-0.4, -0.2) is 20.1 Å². The number of fused-ring (bicyclic) bond motifs is 1. The highest BCUT2D eigenvalue weighted by Gasteiger charge is 2.14. The molecule has 0 saturated carbocycles. The molecule has 3 rings (SSSR count). The van der Waals surface area contributed by atoms with Crippen LogP contribution in [0.15, 0.2) is 42.5 Å². The summed E-state index contributed by atoms with van der Waals surface area (Å²) in [6.45, 7) is 0.232. The third-order valence-electron chi connectivity index (χ3n) is 2.99. The molecule has 0 aliphatic rings. The smallest absolute Gasteiger partial charge is 0.113 e. The van der Waals surface area contributed by atoms with Crippen LogP contribution in [0, 0.1) is 0 Å². The van der Waals surface area contributed by atoms with Crippen molar-refractivity contribution in [1.82, 2.24) is 15.0 Å². The summed E-state index contributed by atoms with van der Waals surface area (Å²) in [6, 6.07) is 12.6. The van der Waals surface area contributed by atoms with Gasteiger partial charge in [-0.2, -0.15) is 15.0 Å². The van der Waals surface area contributed by atoms with Crippen LogP contribution in [0.2, 0.25) is 10.0 Å². The molecule has 0 unspecified atom stereocenters. The highest BCUT2D eigenvalue weighted by atomic mass is 35.5. The molecule has 0 radical (unpaired) electrons. The molecule has 0 aliphatic heterocycles. The number of benzene rings is 2. The maximum absolute atomic E-state index is 10.2. The molecule has 6 heteroatoms. The Morgan fingerprint density at radius 3 is 2.30 bits per heavy atom. The maximum Gasteiger partial charge on any atom is 0.113 e. The molecule has 2 aromatic carbocycles. The first-order valence-corrected chi connectivity index (χ1v) is 6.82. The van der Waals surface area contributed by atoms with Gasteiger partial charge in [-0.3, -0.25) is 0 Å². The van der Waals surface area contributed by atoms with E-state index in [0.29, 0.717) is 15.6 Å². The lowest BCUT2D eigenvalue weighted by Crippen LogP contribution is -2.11. The van der Waals surface area contributed by atoms with Crippen molar-refractivity contribution < 1.29 is 5.11 Å². The van der Waals surface area contributed by atoms with Crippen molar-refractivity contribution in [3.63, 3.8) is 0 Å². The second-order valence-electron chi connectivity index (χ2n) is 4.43. The summed E-state index contributed by atoms with van der Waals surface area (Å²) in [5.74, 6) is 0. The molecule has 102 valence electrons. The summed E-state index contributed by atoms with van der Waals surface area (Å²) < 4.78 is 0. The third kappa shape index (κ3) is 2.63. The van der Waals surface area contributed by atoms with Crippen LogP contribution in [0.4, 0.5) is 0 Å². The van der Waals surface area contributed by atoms with E-state index >= 15 is 0 Å². The molecule has 0 saturated heterocycles. The van der Waals surface area contributed by atoms with Gasteiger partial charge in [-0.05, 0) is 24.3 Å². The Morgan fingerprint density at radius 2 is 1.70 bits per heavy atom. The summed E-state index contributed by atoms with van der Waals surface area (Å²) in [5.41, 5.74) is 2.20. The van der Waals surface area contributed by atoms with Gasteiger partial charge in [-0.1, -0.05) is 41.4 Å². The van der Waals surface area contributed by atoms with Crippen molar-refractivity contribution in [3.05, 3.63) is 58.1 Å². The van der Waals surface area contributed by atoms with Crippen molar-refractivity contribution in [1.29, 1.82) is 0 Å². The Labute approximate surface area is 125 Å². The summed E-state index contributed by atoms with van der Waals surface area (Å²) in [6.07, 6.45) is -0.790. The van der Waals surface area contributed by atoms with Crippen LogP contribution in [0.5, 0.6) is 0 Å². The summed E-state index contributed by atoms with van der Waals surface area (Å²) in [4.78, 5) is 1.47. The molecule has 0 fully saturated rings. The van der Waals surface area contributed by atoms with Gasteiger partial charge in [0.1, 0.15) is 17.1 Å². The Balaban J connectivity index is 1.86. The number of hydrogen-bond acceptors (Lipinski definition) is 3. The molecule has 0 aliphatic carbocycles. The fraction of sp³-hybridized carbons (Fsp3) is 0.143. The predicted octanol–water partition coefficient (Wildman–Crippen LogP) is 3.47. The first-order valence-electron chi connectivity index (χ1n) is 6.06. The highest BCUT2D eigenvalue weighted by molar-refractivity contribution is 6.35.